The number of aliphatic hydroxyl groups excluding tert-OH is 1. The third-order valence-electron chi connectivity index (χ3n) is 8.75. The van der Waals surface area contributed by atoms with Gasteiger partial charge in [-0.25, -0.2) is 0 Å². The van der Waals surface area contributed by atoms with Gasteiger partial charge in [0, 0.05) is 6.42 Å². The number of ether oxygens (including phenoxy) is 3. The minimum absolute atomic E-state index is 0.270. The van der Waals surface area contributed by atoms with E-state index in [2.05, 4.69) is 29.2 Å². The fraction of sp³-hybridized carbons (Fsp3) is 0.630. The maximum atomic E-state index is 13.1. The van der Waals surface area contributed by atoms with Crippen molar-refractivity contribution in [2.45, 2.75) is 69.5 Å². The van der Waals surface area contributed by atoms with E-state index in [4.69, 9.17) is 14.2 Å². The van der Waals surface area contributed by atoms with E-state index in [9.17, 15) is 14.7 Å². The molecule has 4 aliphatic heterocycles. The van der Waals surface area contributed by atoms with Crippen LogP contribution < -0.4 is 0 Å². The summed E-state index contributed by atoms with van der Waals surface area (Å²) in [6.45, 7) is 5.44. The Balaban J connectivity index is 1.25. The highest BCUT2D eigenvalue weighted by molar-refractivity contribution is 5.81. The Morgan fingerprint density at radius 1 is 1.12 bits per heavy atom. The van der Waals surface area contributed by atoms with Crippen molar-refractivity contribution in [1.82, 2.24) is 4.90 Å². The lowest BCUT2D eigenvalue weighted by Crippen LogP contribution is -2.54. The number of epoxide rings is 1. The quantitative estimate of drug-likeness (QED) is 0.540. The fourth-order valence-corrected chi connectivity index (χ4v) is 6.77. The number of fused-ring (bicyclic) bond motifs is 4. The molecular weight excluding hydrogens is 434 g/mol. The van der Waals surface area contributed by atoms with Crippen molar-refractivity contribution in [1.29, 1.82) is 0 Å². The van der Waals surface area contributed by atoms with Crippen LogP contribution in [0.25, 0.3) is 0 Å². The van der Waals surface area contributed by atoms with Gasteiger partial charge in [0.15, 0.2) is 0 Å². The standard InChI is InChI=1S/C27H33NO6/c1-15-21-19-13-18(26(31)32-19)22(23(29)24-27(2,34-24)14-20(21)33-25(15)30)28-10-8-17(9-11-28)12-16-6-4-3-5-7-16/h3-7,13,15,17-18,20-24,29H,8-12,14H2,1-2H3. The van der Waals surface area contributed by atoms with Gasteiger partial charge in [-0.15, -0.1) is 0 Å². The van der Waals surface area contributed by atoms with E-state index in [-0.39, 0.29) is 23.8 Å². The summed E-state index contributed by atoms with van der Waals surface area (Å²) in [7, 11) is 0. The van der Waals surface area contributed by atoms with Crippen LogP contribution in [0.5, 0.6) is 0 Å². The van der Waals surface area contributed by atoms with Crippen LogP contribution in [-0.4, -0.2) is 65.0 Å². The largest absolute Gasteiger partial charge is 0.461 e. The van der Waals surface area contributed by atoms with E-state index in [1.807, 2.05) is 26.0 Å². The van der Waals surface area contributed by atoms with E-state index in [0.717, 1.165) is 32.4 Å². The van der Waals surface area contributed by atoms with E-state index < -0.39 is 35.9 Å². The number of hydrogen-bond donors (Lipinski definition) is 1. The maximum Gasteiger partial charge on any atom is 0.319 e. The van der Waals surface area contributed by atoms with Gasteiger partial charge >= 0.3 is 11.9 Å². The monoisotopic (exact) mass is 467 g/mol. The van der Waals surface area contributed by atoms with Crippen molar-refractivity contribution in [3.63, 3.8) is 0 Å². The van der Waals surface area contributed by atoms with Crippen LogP contribution in [0, 0.1) is 23.7 Å². The molecule has 1 aromatic rings. The Labute approximate surface area is 200 Å². The smallest absolute Gasteiger partial charge is 0.319 e. The molecule has 8 atom stereocenters. The van der Waals surface area contributed by atoms with Crippen LogP contribution in [0.2, 0.25) is 0 Å². The van der Waals surface area contributed by atoms with Crippen molar-refractivity contribution in [3.05, 3.63) is 47.7 Å². The number of aliphatic hydroxyl groups is 1. The van der Waals surface area contributed by atoms with Crippen molar-refractivity contribution in [3.8, 4) is 0 Å². The number of hydrogen-bond acceptors (Lipinski definition) is 7. The topological polar surface area (TPSA) is 88.6 Å². The lowest BCUT2D eigenvalue weighted by Gasteiger charge is -2.41. The zero-order valence-electron chi connectivity index (χ0n) is 19.8. The van der Waals surface area contributed by atoms with Crippen LogP contribution in [0.1, 0.15) is 38.7 Å². The highest BCUT2D eigenvalue weighted by Gasteiger charge is 2.64. The molecule has 1 aromatic carbocycles. The molecule has 0 saturated carbocycles. The lowest BCUT2D eigenvalue weighted by molar-refractivity contribution is -0.145. The molecule has 2 bridgehead atoms. The SMILES string of the molecule is CC1C(=O)OC2CC3(C)OC3C(O)C(N3CCC(Cc4ccccc4)CC3)C3C=C(OC3=O)C21. The van der Waals surface area contributed by atoms with Gasteiger partial charge in [-0.3, -0.25) is 14.5 Å². The van der Waals surface area contributed by atoms with Crippen molar-refractivity contribution < 1.29 is 28.9 Å². The number of nitrogens with zero attached hydrogens (tertiary/aromatic N) is 1. The maximum absolute atomic E-state index is 13.1. The highest BCUT2D eigenvalue weighted by atomic mass is 16.6. The van der Waals surface area contributed by atoms with Crippen molar-refractivity contribution >= 4 is 11.9 Å². The van der Waals surface area contributed by atoms with Crippen molar-refractivity contribution in [2.24, 2.45) is 23.7 Å². The number of likely N-dealkylation sites (tertiary alicyclic amines) is 1. The summed E-state index contributed by atoms with van der Waals surface area (Å²) in [5.74, 6) is -0.755. The molecule has 0 radical (unpaired) electrons. The average molecular weight is 468 g/mol. The summed E-state index contributed by atoms with van der Waals surface area (Å²) >= 11 is 0. The molecule has 5 aliphatic rings. The predicted octanol–water partition coefficient (Wildman–Crippen LogP) is 2.47. The van der Waals surface area contributed by atoms with E-state index in [1.165, 1.54) is 5.56 Å². The molecule has 1 N–H and O–H groups in total. The lowest BCUT2D eigenvalue weighted by atomic mass is 9.79. The molecule has 0 amide bonds. The van der Waals surface area contributed by atoms with Gasteiger partial charge in [0.2, 0.25) is 0 Å². The number of carbonyl (C=O) groups excluding carboxylic acids is 2. The molecule has 4 heterocycles. The van der Waals surface area contributed by atoms with Gasteiger partial charge in [-0.2, -0.15) is 0 Å². The van der Waals surface area contributed by atoms with Crippen LogP contribution in [-0.2, 0) is 30.2 Å². The molecule has 8 unspecified atom stereocenters. The van der Waals surface area contributed by atoms with Gasteiger partial charge < -0.3 is 19.3 Å². The first-order chi connectivity index (χ1) is 16.3. The van der Waals surface area contributed by atoms with Gasteiger partial charge in [0.05, 0.1) is 35.5 Å². The summed E-state index contributed by atoms with van der Waals surface area (Å²) in [4.78, 5) is 27.7. The van der Waals surface area contributed by atoms with E-state index in [1.54, 1.807) is 0 Å². The number of piperidine rings is 1. The third-order valence-corrected chi connectivity index (χ3v) is 8.75. The van der Waals surface area contributed by atoms with Crippen LogP contribution in [0.15, 0.2) is 42.2 Å². The molecule has 1 aliphatic carbocycles. The predicted molar refractivity (Wildman–Crippen MR) is 122 cm³/mol. The first-order valence-electron chi connectivity index (χ1n) is 12.6. The molecule has 6 rings (SSSR count). The fourth-order valence-electron chi connectivity index (χ4n) is 6.77. The zero-order valence-corrected chi connectivity index (χ0v) is 19.8. The van der Waals surface area contributed by atoms with E-state index >= 15 is 0 Å². The molecule has 0 aromatic heterocycles. The van der Waals surface area contributed by atoms with Gasteiger partial charge in [-0.1, -0.05) is 37.3 Å². The summed E-state index contributed by atoms with van der Waals surface area (Å²) in [5, 5.41) is 11.5. The van der Waals surface area contributed by atoms with Gasteiger partial charge in [-0.05, 0) is 56.8 Å². The second kappa shape index (κ2) is 8.18. The molecule has 0 spiro atoms. The summed E-state index contributed by atoms with van der Waals surface area (Å²) in [5.41, 5.74) is 0.780. The van der Waals surface area contributed by atoms with E-state index in [0.29, 0.717) is 18.1 Å². The molecule has 7 heteroatoms. The number of benzene rings is 1. The first-order valence-corrected chi connectivity index (χ1v) is 12.6. The molecule has 3 saturated heterocycles. The number of carbonyl (C=O) groups is 2. The molecule has 182 valence electrons. The molecular formula is C27H33NO6. The summed E-state index contributed by atoms with van der Waals surface area (Å²) in [6.07, 6.45) is 3.80. The van der Waals surface area contributed by atoms with Crippen LogP contribution in [0.3, 0.4) is 0 Å². The molecule has 3 fully saturated rings. The number of esters is 2. The second-order valence-corrected chi connectivity index (χ2v) is 11.0. The Hall–Kier alpha value is -2.22. The Morgan fingerprint density at radius 3 is 2.59 bits per heavy atom. The second-order valence-electron chi connectivity index (χ2n) is 11.0. The van der Waals surface area contributed by atoms with Gasteiger partial charge in [0.25, 0.3) is 0 Å². The van der Waals surface area contributed by atoms with Crippen LogP contribution in [0.4, 0.5) is 0 Å². The number of rotatable bonds is 3. The summed E-state index contributed by atoms with van der Waals surface area (Å²) < 4.78 is 17.5. The van der Waals surface area contributed by atoms with Crippen LogP contribution >= 0.6 is 0 Å². The first kappa shape index (κ1) is 22.3. The highest BCUT2D eigenvalue weighted by Crippen LogP contribution is 2.51. The molecule has 34 heavy (non-hydrogen) atoms. The average Bonchev–Trinajstić information content (AvgIpc) is 3.23. The molecule has 7 nitrogen and oxygen atoms in total. The minimum atomic E-state index is -0.824. The van der Waals surface area contributed by atoms with Crippen molar-refractivity contribution in [2.75, 3.05) is 13.1 Å². The summed E-state index contributed by atoms with van der Waals surface area (Å²) in [6, 6.07) is 10.2. The normalized spacial score (nSPS) is 42.3. The Bertz CT molecular complexity index is 1000. The Morgan fingerprint density at radius 2 is 1.85 bits per heavy atom. The third kappa shape index (κ3) is 3.69. The minimum Gasteiger partial charge on any atom is -0.461 e. The van der Waals surface area contributed by atoms with Gasteiger partial charge in [0.1, 0.15) is 18.0 Å². The zero-order chi connectivity index (χ0) is 23.6. The Kier molecular flexibility index (Phi) is 5.35.